The van der Waals surface area contributed by atoms with Crippen molar-refractivity contribution in [3.63, 3.8) is 0 Å². The van der Waals surface area contributed by atoms with E-state index >= 15 is 0 Å². The van der Waals surface area contributed by atoms with Crippen molar-refractivity contribution in [1.82, 2.24) is 10.6 Å². The van der Waals surface area contributed by atoms with E-state index in [2.05, 4.69) is 26.6 Å². The van der Waals surface area contributed by atoms with Gasteiger partial charge < -0.3 is 15.7 Å². The van der Waals surface area contributed by atoms with Crippen LogP contribution in [0.4, 0.5) is 0 Å². The maximum Gasteiger partial charge on any atom is 0.305 e. The zero-order chi connectivity index (χ0) is 18.9. The molecule has 6 nitrogen and oxygen atoms in total. The Morgan fingerprint density at radius 3 is 2.27 bits per heavy atom. The summed E-state index contributed by atoms with van der Waals surface area (Å²) in [5.41, 5.74) is 1.16. The van der Waals surface area contributed by atoms with E-state index in [4.69, 9.17) is 5.11 Å². The Morgan fingerprint density at radius 2 is 1.65 bits per heavy atom. The number of carboxylic acids is 1. The molecule has 0 aliphatic rings. The largest absolute Gasteiger partial charge is 0.481 e. The summed E-state index contributed by atoms with van der Waals surface area (Å²) in [6.07, 6.45) is 1.33. The highest BCUT2D eigenvalue weighted by Crippen LogP contribution is 2.11. The molecule has 3 N–H and O–H groups in total. The van der Waals surface area contributed by atoms with Gasteiger partial charge in [-0.05, 0) is 35.9 Å². The highest BCUT2D eigenvalue weighted by molar-refractivity contribution is 9.10. The summed E-state index contributed by atoms with van der Waals surface area (Å²) in [4.78, 5) is 35.3. The van der Waals surface area contributed by atoms with Crippen LogP contribution in [-0.2, 0) is 9.59 Å². The Balaban J connectivity index is 2.18. The average Bonchev–Trinajstić information content (AvgIpc) is 2.62. The molecule has 2 aromatic carbocycles. The number of hydrogen-bond acceptors (Lipinski definition) is 3. The monoisotopic (exact) mass is 416 g/mol. The fourth-order valence-corrected chi connectivity index (χ4v) is 2.31. The second-order valence-corrected chi connectivity index (χ2v) is 6.25. The number of carbonyl (C=O) groups excluding carboxylic acids is 2. The van der Waals surface area contributed by atoms with Gasteiger partial charge >= 0.3 is 5.97 Å². The van der Waals surface area contributed by atoms with Gasteiger partial charge in [0.05, 0.1) is 6.42 Å². The van der Waals surface area contributed by atoms with Crippen molar-refractivity contribution in [2.45, 2.75) is 6.42 Å². The van der Waals surface area contributed by atoms with Gasteiger partial charge in [0, 0.05) is 16.6 Å². The highest BCUT2D eigenvalue weighted by Gasteiger charge is 2.14. The van der Waals surface area contributed by atoms with Crippen LogP contribution in [-0.4, -0.2) is 29.4 Å². The summed E-state index contributed by atoms with van der Waals surface area (Å²) >= 11 is 3.30. The van der Waals surface area contributed by atoms with Crippen molar-refractivity contribution >= 4 is 39.8 Å². The molecule has 26 heavy (non-hydrogen) atoms. The third-order valence-corrected chi connectivity index (χ3v) is 3.86. The summed E-state index contributed by atoms with van der Waals surface area (Å²) in [5.74, 6) is -2.01. The fourth-order valence-electron chi connectivity index (χ4n) is 2.05. The van der Waals surface area contributed by atoms with Gasteiger partial charge in [-0.2, -0.15) is 0 Å². The summed E-state index contributed by atoms with van der Waals surface area (Å²) in [6.45, 7) is -0.0333. The first-order valence-electron chi connectivity index (χ1n) is 7.79. The number of carboxylic acid groups (broad SMARTS) is 1. The van der Waals surface area contributed by atoms with Crippen LogP contribution >= 0.6 is 15.9 Å². The number of rotatable bonds is 7. The SMILES string of the molecule is O=C(O)CCNC(=O)/C(=C/c1ccccc1)NC(=O)c1ccc(Br)cc1. The van der Waals surface area contributed by atoms with Crippen LogP contribution in [0.3, 0.4) is 0 Å². The second-order valence-electron chi connectivity index (χ2n) is 5.33. The minimum absolute atomic E-state index is 0.0333. The summed E-state index contributed by atoms with van der Waals surface area (Å²) in [6, 6.07) is 15.7. The molecule has 0 radical (unpaired) electrons. The third kappa shape index (κ3) is 6.18. The summed E-state index contributed by atoms with van der Waals surface area (Å²) in [7, 11) is 0. The molecular weight excluding hydrogens is 400 g/mol. The number of aliphatic carboxylic acids is 1. The molecule has 134 valence electrons. The quantitative estimate of drug-likeness (QED) is 0.604. The van der Waals surface area contributed by atoms with Gasteiger partial charge in [0.2, 0.25) is 0 Å². The van der Waals surface area contributed by atoms with E-state index in [0.717, 1.165) is 10.0 Å². The third-order valence-electron chi connectivity index (χ3n) is 3.33. The van der Waals surface area contributed by atoms with Crippen molar-refractivity contribution in [1.29, 1.82) is 0 Å². The van der Waals surface area contributed by atoms with Crippen molar-refractivity contribution in [3.05, 3.63) is 75.9 Å². The lowest BCUT2D eigenvalue weighted by atomic mass is 10.1. The molecule has 0 aliphatic carbocycles. The van der Waals surface area contributed by atoms with Gasteiger partial charge in [-0.3, -0.25) is 14.4 Å². The van der Waals surface area contributed by atoms with Crippen LogP contribution in [0.5, 0.6) is 0 Å². The summed E-state index contributed by atoms with van der Waals surface area (Å²) < 4.78 is 0.834. The minimum atomic E-state index is -1.02. The van der Waals surface area contributed by atoms with Crippen molar-refractivity contribution in [2.75, 3.05) is 6.54 Å². The van der Waals surface area contributed by atoms with E-state index in [1.807, 2.05) is 18.2 Å². The fraction of sp³-hybridized carbons (Fsp3) is 0.105. The molecule has 2 amide bonds. The normalized spacial score (nSPS) is 10.9. The number of benzene rings is 2. The Hall–Kier alpha value is -2.93. The van der Waals surface area contributed by atoms with Gasteiger partial charge in [0.15, 0.2) is 0 Å². The standard InChI is InChI=1S/C19H17BrN2O4/c20-15-8-6-14(7-9-15)18(25)22-16(12-13-4-2-1-3-5-13)19(26)21-11-10-17(23)24/h1-9,12H,10-11H2,(H,21,26)(H,22,25)(H,23,24)/b16-12-. The lowest BCUT2D eigenvalue weighted by molar-refractivity contribution is -0.136. The van der Waals surface area contributed by atoms with Gasteiger partial charge in [-0.1, -0.05) is 46.3 Å². The molecule has 0 fully saturated rings. The molecule has 0 unspecified atom stereocenters. The van der Waals surface area contributed by atoms with Crippen LogP contribution in [0.25, 0.3) is 6.08 Å². The average molecular weight is 417 g/mol. The van der Waals surface area contributed by atoms with E-state index in [1.54, 1.807) is 36.4 Å². The molecule has 0 heterocycles. The van der Waals surface area contributed by atoms with Crippen molar-refractivity contribution in [2.24, 2.45) is 0 Å². The van der Waals surface area contributed by atoms with Crippen LogP contribution in [0.1, 0.15) is 22.3 Å². The molecule has 2 rings (SSSR count). The highest BCUT2D eigenvalue weighted by atomic mass is 79.9. The lowest BCUT2D eigenvalue weighted by Crippen LogP contribution is -2.35. The first-order chi connectivity index (χ1) is 12.5. The Labute approximate surface area is 159 Å². The minimum Gasteiger partial charge on any atom is -0.481 e. The second kappa shape index (κ2) is 9.53. The van der Waals surface area contributed by atoms with Crippen LogP contribution in [0.15, 0.2) is 64.8 Å². The first kappa shape index (κ1) is 19.4. The van der Waals surface area contributed by atoms with E-state index in [0.29, 0.717) is 5.56 Å². The predicted molar refractivity (Wildman–Crippen MR) is 101 cm³/mol. The van der Waals surface area contributed by atoms with Gasteiger partial charge in [-0.15, -0.1) is 0 Å². The molecule has 7 heteroatoms. The predicted octanol–water partition coefficient (Wildman–Crippen LogP) is 2.81. The Bertz CT molecular complexity index is 817. The maximum atomic E-state index is 12.4. The number of nitrogens with one attached hydrogen (secondary N) is 2. The number of carbonyl (C=O) groups is 3. The molecule has 2 aromatic rings. The van der Waals surface area contributed by atoms with Crippen LogP contribution in [0.2, 0.25) is 0 Å². The van der Waals surface area contributed by atoms with Crippen molar-refractivity contribution in [3.8, 4) is 0 Å². The first-order valence-corrected chi connectivity index (χ1v) is 8.58. The van der Waals surface area contributed by atoms with E-state index in [-0.39, 0.29) is 18.7 Å². The lowest BCUT2D eigenvalue weighted by Gasteiger charge is -2.11. The topological polar surface area (TPSA) is 95.5 Å². The molecule has 0 spiro atoms. The van der Waals surface area contributed by atoms with Crippen LogP contribution < -0.4 is 10.6 Å². The zero-order valence-corrected chi connectivity index (χ0v) is 15.3. The van der Waals surface area contributed by atoms with Gasteiger partial charge in [0.1, 0.15) is 5.70 Å². The molecule has 0 bridgehead atoms. The molecule has 0 aromatic heterocycles. The molecule has 0 atom stereocenters. The van der Waals surface area contributed by atoms with E-state index in [9.17, 15) is 14.4 Å². The number of hydrogen-bond donors (Lipinski definition) is 3. The molecule has 0 aliphatic heterocycles. The molecular formula is C19H17BrN2O4. The van der Waals surface area contributed by atoms with Gasteiger partial charge in [-0.25, -0.2) is 0 Å². The number of amides is 2. The Kier molecular flexibility index (Phi) is 7.11. The van der Waals surface area contributed by atoms with E-state index < -0.39 is 17.8 Å². The maximum absolute atomic E-state index is 12.4. The number of halogens is 1. The smallest absolute Gasteiger partial charge is 0.305 e. The Morgan fingerprint density at radius 1 is 1.00 bits per heavy atom. The molecule has 0 saturated carbocycles. The zero-order valence-electron chi connectivity index (χ0n) is 13.7. The van der Waals surface area contributed by atoms with Crippen molar-refractivity contribution < 1.29 is 19.5 Å². The summed E-state index contributed by atoms with van der Waals surface area (Å²) in [5, 5.41) is 13.8. The van der Waals surface area contributed by atoms with Gasteiger partial charge in [0.25, 0.3) is 11.8 Å². The molecule has 0 saturated heterocycles. The van der Waals surface area contributed by atoms with E-state index in [1.165, 1.54) is 6.08 Å². The van der Waals surface area contributed by atoms with Crippen LogP contribution in [0, 0.1) is 0 Å².